The lowest BCUT2D eigenvalue weighted by atomic mass is 10.1. The number of fused-ring (bicyclic) bond motifs is 1. The Morgan fingerprint density at radius 1 is 1.07 bits per heavy atom. The van der Waals surface area contributed by atoms with Crippen molar-refractivity contribution in [2.45, 2.75) is 30.2 Å². The summed E-state index contributed by atoms with van der Waals surface area (Å²) in [6.45, 7) is 1.28. The van der Waals surface area contributed by atoms with E-state index in [4.69, 9.17) is 5.73 Å². The van der Waals surface area contributed by atoms with Crippen LogP contribution in [0.25, 0.3) is 11.0 Å². The fourth-order valence-electron chi connectivity index (χ4n) is 3.97. The molecule has 0 radical (unpaired) electrons. The lowest BCUT2D eigenvalue weighted by molar-refractivity contribution is -0.136. The molecule has 4 N–H and O–H groups in total. The topological polar surface area (TPSA) is 132 Å². The molecule has 28 heavy (non-hydrogen) atoms. The summed E-state index contributed by atoms with van der Waals surface area (Å²) in [5.41, 5.74) is 6.53. The van der Waals surface area contributed by atoms with Gasteiger partial charge in [-0.25, -0.2) is 13.2 Å². The Morgan fingerprint density at radius 2 is 1.75 bits per heavy atom. The van der Waals surface area contributed by atoms with Crippen LogP contribution in [-0.4, -0.2) is 65.7 Å². The molecule has 2 atom stereocenters. The number of aromatic nitrogens is 2. The normalized spacial score (nSPS) is 23.7. The van der Waals surface area contributed by atoms with Crippen molar-refractivity contribution in [3.8, 4) is 0 Å². The Labute approximate surface area is 168 Å². The van der Waals surface area contributed by atoms with Crippen molar-refractivity contribution in [3.63, 3.8) is 0 Å². The van der Waals surface area contributed by atoms with Crippen LogP contribution >= 0.6 is 12.4 Å². The van der Waals surface area contributed by atoms with Gasteiger partial charge in [0.05, 0.1) is 15.9 Å². The second-order valence-corrected chi connectivity index (χ2v) is 9.22. The average Bonchev–Trinajstić information content (AvgIpc) is 3.25. The fraction of sp³-hybridized carbons (Fsp3) is 0.529. The summed E-state index contributed by atoms with van der Waals surface area (Å²) in [5, 5.41) is 0. The van der Waals surface area contributed by atoms with Gasteiger partial charge in [0.1, 0.15) is 0 Å². The molecule has 1 aliphatic heterocycles. The Hall–Kier alpha value is -1.88. The first-order chi connectivity index (χ1) is 12.8. The molecule has 4 rings (SSSR count). The molecule has 11 heteroatoms. The highest BCUT2D eigenvalue weighted by Crippen LogP contribution is 2.27. The minimum Gasteiger partial charge on any atom is -0.340 e. The number of imidazole rings is 1. The van der Waals surface area contributed by atoms with E-state index in [2.05, 4.69) is 9.97 Å². The van der Waals surface area contributed by atoms with Crippen LogP contribution in [0.1, 0.15) is 19.3 Å². The quantitative estimate of drug-likeness (QED) is 0.642. The maximum atomic E-state index is 12.9. The van der Waals surface area contributed by atoms with Crippen LogP contribution in [0, 0.1) is 5.92 Å². The molecule has 1 saturated heterocycles. The van der Waals surface area contributed by atoms with Gasteiger partial charge in [-0.05, 0) is 37.5 Å². The second-order valence-electron chi connectivity index (χ2n) is 7.29. The molecule has 154 valence electrons. The maximum absolute atomic E-state index is 12.9. The first-order valence-electron chi connectivity index (χ1n) is 9.11. The van der Waals surface area contributed by atoms with Gasteiger partial charge in [0.25, 0.3) is 0 Å². The van der Waals surface area contributed by atoms with Crippen molar-refractivity contribution < 1.29 is 13.2 Å². The molecule has 2 unspecified atom stereocenters. The smallest absolute Gasteiger partial charge is 0.323 e. The zero-order chi connectivity index (χ0) is 19.2. The summed E-state index contributed by atoms with van der Waals surface area (Å²) < 4.78 is 27.2. The van der Waals surface area contributed by atoms with Gasteiger partial charge >= 0.3 is 5.69 Å². The lowest BCUT2D eigenvalue weighted by Crippen LogP contribution is -2.51. The third-order valence-electron chi connectivity index (χ3n) is 5.50. The van der Waals surface area contributed by atoms with Crippen molar-refractivity contribution in [2.24, 2.45) is 11.7 Å². The standard InChI is InChI=1S/C17H23N5O4S.ClH/c18-12-2-1-11(9-12)16(23)21-5-7-22(8-6-21)27(25,26)13-3-4-14-15(10-13)20-17(24)19-14;/h3-4,10-12H,1-2,5-9,18H2,(H2,19,20,24);1H. The predicted octanol–water partition coefficient (Wildman–Crippen LogP) is 0.238. The number of rotatable bonds is 3. The fourth-order valence-corrected chi connectivity index (χ4v) is 5.42. The summed E-state index contributed by atoms with van der Waals surface area (Å²) in [5.74, 6) is 0.0577. The Morgan fingerprint density at radius 3 is 2.39 bits per heavy atom. The molecule has 2 aromatic rings. The molecule has 2 fully saturated rings. The van der Waals surface area contributed by atoms with Crippen molar-refractivity contribution in [3.05, 3.63) is 28.7 Å². The Kier molecular flexibility index (Phi) is 5.85. The summed E-state index contributed by atoms with van der Waals surface area (Å²) in [6, 6.07) is 4.61. The first-order valence-corrected chi connectivity index (χ1v) is 10.5. The van der Waals surface area contributed by atoms with Crippen molar-refractivity contribution >= 4 is 39.4 Å². The summed E-state index contributed by atoms with van der Waals surface area (Å²) in [7, 11) is -3.68. The van der Waals surface area contributed by atoms with Crippen LogP contribution in [0.4, 0.5) is 0 Å². The molecule has 2 aliphatic rings. The number of amides is 1. The van der Waals surface area contributed by atoms with E-state index in [-0.39, 0.29) is 53.9 Å². The SMILES string of the molecule is Cl.NC1CCC(C(=O)N2CCN(S(=O)(=O)c3ccc4[nH]c(=O)[nH]c4c3)CC2)C1. The summed E-state index contributed by atoms with van der Waals surface area (Å²) >= 11 is 0. The number of halogens is 1. The second kappa shape index (κ2) is 7.86. The van der Waals surface area contributed by atoms with Gasteiger partial charge in [0.15, 0.2) is 0 Å². The number of H-pyrrole nitrogens is 2. The number of benzene rings is 1. The number of nitrogens with zero attached hydrogens (tertiary/aromatic N) is 2. The van der Waals surface area contributed by atoms with E-state index < -0.39 is 10.0 Å². The Bertz CT molecular complexity index is 1030. The van der Waals surface area contributed by atoms with Crippen LogP contribution in [0.3, 0.4) is 0 Å². The van der Waals surface area contributed by atoms with E-state index in [1.54, 1.807) is 11.0 Å². The van der Waals surface area contributed by atoms with Gasteiger partial charge in [-0.15, -0.1) is 12.4 Å². The average molecular weight is 430 g/mol. The minimum atomic E-state index is -3.68. The van der Waals surface area contributed by atoms with E-state index in [9.17, 15) is 18.0 Å². The number of hydrogen-bond donors (Lipinski definition) is 3. The highest BCUT2D eigenvalue weighted by Gasteiger charge is 2.35. The lowest BCUT2D eigenvalue weighted by Gasteiger charge is -2.35. The van der Waals surface area contributed by atoms with Crippen LogP contribution in [0.15, 0.2) is 27.9 Å². The van der Waals surface area contributed by atoms with E-state index in [1.807, 2.05) is 0 Å². The zero-order valence-corrected chi connectivity index (χ0v) is 16.9. The van der Waals surface area contributed by atoms with Gasteiger partial charge in [0.2, 0.25) is 15.9 Å². The third kappa shape index (κ3) is 3.82. The molecule has 0 bridgehead atoms. The number of aromatic amines is 2. The molecule has 1 aromatic heterocycles. The van der Waals surface area contributed by atoms with E-state index in [0.29, 0.717) is 30.5 Å². The highest BCUT2D eigenvalue weighted by molar-refractivity contribution is 7.89. The van der Waals surface area contributed by atoms with Crippen molar-refractivity contribution in [1.29, 1.82) is 0 Å². The number of carbonyl (C=O) groups excluding carboxylic acids is 1. The molecule has 2 heterocycles. The van der Waals surface area contributed by atoms with Crippen LogP contribution < -0.4 is 11.4 Å². The van der Waals surface area contributed by atoms with E-state index >= 15 is 0 Å². The molecule has 9 nitrogen and oxygen atoms in total. The van der Waals surface area contributed by atoms with Gasteiger partial charge in [-0.1, -0.05) is 0 Å². The molecule has 1 saturated carbocycles. The predicted molar refractivity (Wildman–Crippen MR) is 107 cm³/mol. The molecule has 1 aromatic carbocycles. The van der Waals surface area contributed by atoms with Gasteiger partial charge in [0, 0.05) is 38.1 Å². The van der Waals surface area contributed by atoms with Crippen LogP contribution in [0.5, 0.6) is 0 Å². The number of piperazine rings is 1. The number of nitrogens with two attached hydrogens (primary N) is 1. The Balaban J connectivity index is 0.00000225. The first kappa shape index (κ1) is 20.8. The van der Waals surface area contributed by atoms with Crippen LogP contribution in [0.2, 0.25) is 0 Å². The highest BCUT2D eigenvalue weighted by atomic mass is 35.5. The summed E-state index contributed by atoms with van der Waals surface area (Å²) in [6.07, 6.45) is 2.40. The third-order valence-corrected chi connectivity index (χ3v) is 7.39. The number of hydrogen-bond acceptors (Lipinski definition) is 5. The van der Waals surface area contributed by atoms with Gasteiger partial charge in [-0.2, -0.15) is 4.31 Å². The summed E-state index contributed by atoms with van der Waals surface area (Å²) in [4.78, 5) is 31.0. The van der Waals surface area contributed by atoms with Crippen molar-refractivity contribution in [2.75, 3.05) is 26.2 Å². The molecular formula is C17H24ClN5O4S. The largest absolute Gasteiger partial charge is 0.340 e. The molecule has 1 aliphatic carbocycles. The molecule has 1 amide bonds. The zero-order valence-electron chi connectivity index (χ0n) is 15.3. The number of nitrogens with one attached hydrogen (secondary N) is 2. The van der Waals surface area contributed by atoms with Crippen molar-refractivity contribution in [1.82, 2.24) is 19.2 Å². The molecular weight excluding hydrogens is 406 g/mol. The van der Waals surface area contributed by atoms with Gasteiger partial charge in [-0.3, -0.25) is 4.79 Å². The monoisotopic (exact) mass is 429 g/mol. The maximum Gasteiger partial charge on any atom is 0.323 e. The van der Waals surface area contributed by atoms with E-state index in [0.717, 1.165) is 12.8 Å². The molecule has 0 spiro atoms. The van der Waals surface area contributed by atoms with Crippen LogP contribution in [-0.2, 0) is 14.8 Å². The minimum absolute atomic E-state index is 0. The van der Waals surface area contributed by atoms with E-state index in [1.165, 1.54) is 16.4 Å². The number of carbonyl (C=O) groups is 1. The van der Waals surface area contributed by atoms with Gasteiger partial charge < -0.3 is 20.6 Å². The number of sulfonamides is 1.